The third-order valence-electron chi connectivity index (χ3n) is 3.75. The van der Waals surface area contributed by atoms with Gasteiger partial charge in [0.05, 0.1) is 14.2 Å². The van der Waals surface area contributed by atoms with Crippen LogP contribution >= 0.6 is 27.7 Å². The second-order valence-electron chi connectivity index (χ2n) is 4.88. The third-order valence-corrected chi connectivity index (χ3v) is 5.96. The zero-order valence-corrected chi connectivity index (χ0v) is 14.6. The molecule has 0 aromatic heterocycles. The number of thioether (sulfide) groups is 1. The Morgan fingerprint density at radius 2 is 2.10 bits per heavy atom. The molecule has 1 saturated heterocycles. The largest absolute Gasteiger partial charge is 0.495 e. The molecule has 0 amide bonds. The quantitative estimate of drug-likeness (QED) is 0.860. The van der Waals surface area contributed by atoms with Crippen LogP contribution in [0.15, 0.2) is 16.6 Å². The Bertz CT molecular complexity index is 450. The van der Waals surface area contributed by atoms with Crippen molar-refractivity contribution in [2.24, 2.45) is 0 Å². The van der Waals surface area contributed by atoms with Crippen LogP contribution in [0.5, 0.6) is 11.5 Å². The molecule has 1 N–H and O–H groups in total. The third kappa shape index (κ3) is 3.26. The number of nitrogens with one attached hydrogen (secondary N) is 1. The van der Waals surface area contributed by atoms with Crippen LogP contribution in [0, 0.1) is 0 Å². The molecule has 0 radical (unpaired) electrons. The molecule has 2 atom stereocenters. The predicted octanol–water partition coefficient (Wildman–Crippen LogP) is 4.01. The summed E-state index contributed by atoms with van der Waals surface area (Å²) in [5.41, 5.74) is 1.20. The molecule has 3 nitrogen and oxygen atoms in total. The minimum absolute atomic E-state index is 0.303. The van der Waals surface area contributed by atoms with Crippen LogP contribution in [0.4, 0.5) is 0 Å². The molecule has 1 aliphatic rings. The van der Waals surface area contributed by atoms with Gasteiger partial charge in [-0.3, -0.25) is 0 Å². The zero-order chi connectivity index (χ0) is 14.5. The first-order chi connectivity index (χ1) is 9.72. The lowest BCUT2D eigenvalue weighted by atomic mass is 9.98. The summed E-state index contributed by atoms with van der Waals surface area (Å²) >= 11 is 5.65. The van der Waals surface area contributed by atoms with E-state index in [0.717, 1.165) is 16.0 Å². The van der Waals surface area contributed by atoms with Gasteiger partial charge in [0.1, 0.15) is 16.0 Å². The van der Waals surface area contributed by atoms with E-state index in [9.17, 15) is 0 Å². The SMILES string of the molecule is CNC(c1ccc(OC)c(Br)c1OC)C1CCCCS1. The summed E-state index contributed by atoms with van der Waals surface area (Å²) in [4.78, 5) is 0. The molecule has 1 heterocycles. The van der Waals surface area contributed by atoms with Gasteiger partial charge in [-0.15, -0.1) is 0 Å². The van der Waals surface area contributed by atoms with Gasteiger partial charge in [-0.25, -0.2) is 0 Å². The van der Waals surface area contributed by atoms with Crippen LogP contribution in [0.1, 0.15) is 30.9 Å². The van der Waals surface area contributed by atoms with E-state index in [4.69, 9.17) is 9.47 Å². The van der Waals surface area contributed by atoms with Gasteiger partial charge in [-0.2, -0.15) is 11.8 Å². The minimum Gasteiger partial charge on any atom is -0.495 e. The molecule has 1 aromatic rings. The highest BCUT2D eigenvalue weighted by Crippen LogP contribution is 2.43. The lowest BCUT2D eigenvalue weighted by Gasteiger charge is -2.31. The fourth-order valence-electron chi connectivity index (χ4n) is 2.73. The first-order valence-corrected chi connectivity index (χ1v) is 8.76. The van der Waals surface area contributed by atoms with E-state index in [2.05, 4.69) is 39.1 Å². The first kappa shape index (κ1) is 16.0. The topological polar surface area (TPSA) is 30.5 Å². The summed E-state index contributed by atoms with van der Waals surface area (Å²) in [6.45, 7) is 0. The summed E-state index contributed by atoms with van der Waals surface area (Å²) < 4.78 is 11.9. The van der Waals surface area contributed by atoms with Crippen molar-refractivity contribution in [3.63, 3.8) is 0 Å². The Morgan fingerprint density at radius 3 is 2.65 bits per heavy atom. The van der Waals surface area contributed by atoms with Gasteiger partial charge in [0.25, 0.3) is 0 Å². The maximum absolute atomic E-state index is 5.62. The number of ether oxygens (including phenoxy) is 2. The lowest BCUT2D eigenvalue weighted by molar-refractivity contribution is 0.378. The summed E-state index contributed by atoms with van der Waals surface area (Å²) in [6, 6.07) is 4.41. The Kier molecular flexibility index (Phi) is 6.05. The Morgan fingerprint density at radius 1 is 1.30 bits per heavy atom. The number of hydrogen-bond acceptors (Lipinski definition) is 4. The van der Waals surface area contributed by atoms with Crippen LogP contribution in [0.25, 0.3) is 0 Å². The van der Waals surface area contributed by atoms with Crippen molar-refractivity contribution in [2.45, 2.75) is 30.6 Å². The standard InChI is InChI=1S/C15H22BrNO2S/c1-17-14(12-6-4-5-9-20-12)10-7-8-11(18-2)13(16)15(10)19-3/h7-8,12,14,17H,4-6,9H2,1-3H3. The van der Waals surface area contributed by atoms with E-state index < -0.39 is 0 Å². The highest BCUT2D eigenvalue weighted by molar-refractivity contribution is 9.10. The number of methoxy groups -OCH3 is 2. The molecule has 2 unspecified atom stereocenters. The van der Waals surface area contributed by atoms with Crippen molar-refractivity contribution in [1.29, 1.82) is 0 Å². The molecule has 1 fully saturated rings. The van der Waals surface area contributed by atoms with E-state index in [1.165, 1.54) is 30.6 Å². The molecule has 0 spiro atoms. The number of hydrogen-bond donors (Lipinski definition) is 1. The fourth-order valence-corrected chi connectivity index (χ4v) is 4.90. The highest BCUT2D eigenvalue weighted by Gasteiger charge is 2.28. The van der Waals surface area contributed by atoms with Crippen molar-refractivity contribution in [2.75, 3.05) is 27.0 Å². The van der Waals surface area contributed by atoms with Gasteiger partial charge in [0.15, 0.2) is 0 Å². The van der Waals surface area contributed by atoms with E-state index >= 15 is 0 Å². The Balaban J connectivity index is 2.35. The smallest absolute Gasteiger partial charge is 0.141 e. The van der Waals surface area contributed by atoms with Crippen LogP contribution in [0.2, 0.25) is 0 Å². The average molecular weight is 360 g/mol. The van der Waals surface area contributed by atoms with Crippen molar-refractivity contribution < 1.29 is 9.47 Å². The number of benzene rings is 1. The van der Waals surface area contributed by atoms with Crippen molar-refractivity contribution in [3.8, 4) is 11.5 Å². The monoisotopic (exact) mass is 359 g/mol. The second-order valence-corrected chi connectivity index (χ2v) is 7.02. The van der Waals surface area contributed by atoms with Gasteiger partial charge in [0.2, 0.25) is 0 Å². The van der Waals surface area contributed by atoms with Crippen molar-refractivity contribution in [1.82, 2.24) is 5.32 Å². The van der Waals surface area contributed by atoms with E-state index in [1.807, 2.05) is 13.1 Å². The molecular weight excluding hydrogens is 338 g/mol. The molecule has 1 aromatic carbocycles. The van der Waals surface area contributed by atoms with Crippen molar-refractivity contribution >= 4 is 27.7 Å². The van der Waals surface area contributed by atoms with Gasteiger partial charge >= 0.3 is 0 Å². The normalized spacial score (nSPS) is 20.5. The van der Waals surface area contributed by atoms with Crippen LogP contribution in [-0.2, 0) is 0 Å². The van der Waals surface area contributed by atoms with Crippen LogP contribution in [-0.4, -0.2) is 32.3 Å². The van der Waals surface area contributed by atoms with E-state index in [-0.39, 0.29) is 0 Å². The molecule has 0 bridgehead atoms. The first-order valence-electron chi connectivity index (χ1n) is 6.92. The van der Waals surface area contributed by atoms with E-state index in [0.29, 0.717) is 11.3 Å². The Labute approximate surface area is 133 Å². The van der Waals surface area contributed by atoms with Crippen molar-refractivity contribution in [3.05, 3.63) is 22.2 Å². The van der Waals surface area contributed by atoms with Gasteiger partial charge < -0.3 is 14.8 Å². The maximum atomic E-state index is 5.62. The fraction of sp³-hybridized carbons (Fsp3) is 0.600. The minimum atomic E-state index is 0.303. The van der Waals surface area contributed by atoms with Crippen LogP contribution < -0.4 is 14.8 Å². The maximum Gasteiger partial charge on any atom is 0.141 e. The lowest BCUT2D eigenvalue weighted by Crippen LogP contribution is -2.29. The average Bonchev–Trinajstić information content (AvgIpc) is 2.49. The number of rotatable bonds is 5. The molecule has 5 heteroatoms. The van der Waals surface area contributed by atoms with Gasteiger partial charge in [-0.1, -0.05) is 6.42 Å². The molecule has 0 saturated carbocycles. The second kappa shape index (κ2) is 7.57. The molecule has 2 rings (SSSR count). The summed E-state index contributed by atoms with van der Waals surface area (Å²) in [5, 5.41) is 4.06. The van der Waals surface area contributed by atoms with Gasteiger partial charge in [-0.05, 0) is 53.7 Å². The van der Waals surface area contributed by atoms with E-state index in [1.54, 1.807) is 14.2 Å². The predicted molar refractivity (Wildman–Crippen MR) is 89.1 cm³/mol. The summed E-state index contributed by atoms with van der Waals surface area (Å²) in [7, 11) is 5.41. The highest BCUT2D eigenvalue weighted by atomic mass is 79.9. The molecule has 112 valence electrons. The number of halogens is 1. The van der Waals surface area contributed by atoms with Crippen LogP contribution in [0.3, 0.4) is 0 Å². The summed E-state index contributed by atoms with van der Waals surface area (Å²) in [5.74, 6) is 2.93. The van der Waals surface area contributed by atoms with Gasteiger partial charge in [0, 0.05) is 16.9 Å². The summed E-state index contributed by atoms with van der Waals surface area (Å²) in [6.07, 6.45) is 3.90. The zero-order valence-electron chi connectivity index (χ0n) is 12.2. The molecule has 0 aliphatic carbocycles. The Hall–Kier alpha value is -0.390. The molecule has 1 aliphatic heterocycles. The molecule has 20 heavy (non-hydrogen) atoms. The molecular formula is C15H22BrNO2S.